The Balaban J connectivity index is 2.16. The average Bonchev–Trinajstić information content (AvgIpc) is 2.40. The summed E-state index contributed by atoms with van der Waals surface area (Å²) in [5.74, 6) is -1.59. The Kier molecular flexibility index (Phi) is 4.04. The number of aromatic hydroxyl groups is 1. The third-order valence-electron chi connectivity index (χ3n) is 3.37. The topological polar surface area (TPSA) is 99.1 Å². The Morgan fingerprint density at radius 3 is 2.71 bits per heavy atom. The molecule has 0 aliphatic carbocycles. The van der Waals surface area contributed by atoms with E-state index in [4.69, 9.17) is 9.84 Å². The highest BCUT2D eigenvalue weighted by molar-refractivity contribution is 5.95. The number of anilines is 1. The largest absolute Gasteiger partial charge is 0.507 e. The van der Waals surface area contributed by atoms with E-state index in [1.165, 1.54) is 18.2 Å². The molecule has 7 heteroatoms. The predicted molar refractivity (Wildman–Crippen MR) is 75.7 cm³/mol. The Morgan fingerprint density at radius 1 is 1.38 bits per heavy atom. The summed E-state index contributed by atoms with van der Waals surface area (Å²) in [6, 6.07) is 3.59. The maximum Gasteiger partial charge on any atom is 0.339 e. The number of benzene rings is 1. The van der Waals surface area contributed by atoms with Crippen LogP contribution in [0.3, 0.4) is 0 Å². The van der Waals surface area contributed by atoms with Crippen LogP contribution in [0.5, 0.6) is 5.75 Å². The number of amides is 2. The molecule has 1 aromatic rings. The van der Waals surface area contributed by atoms with E-state index < -0.39 is 11.5 Å². The number of urea groups is 1. The number of ether oxygens (including phenoxy) is 1. The molecule has 1 fully saturated rings. The molecule has 3 N–H and O–H groups in total. The molecule has 21 heavy (non-hydrogen) atoms. The normalized spacial score (nSPS) is 17.3. The number of hydrogen-bond acceptors (Lipinski definition) is 4. The number of carbonyl (C=O) groups excluding carboxylic acids is 1. The molecule has 2 rings (SSSR count). The maximum atomic E-state index is 12.3. The van der Waals surface area contributed by atoms with Gasteiger partial charge in [-0.2, -0.15) is 0 Å². The third kappa shape index (κ3) is 3.25. The van der Waals surface area contributed by atoms with Gasteiger partial charge in [-0.3, -0.25) is 0 Å². The Morgan fingerprint density at radius 2 is 2.10 bits per heavy atom. The third-order valence-corrected chi connectivity index (χ3v) is 3.37. The van der Waals surface area contributed by atoms with Crippen molar-refractivity contribution >= 4 is 17.7 Å². The molecule has 2 amide bonds. The van der Waals surface area contributed by atoms with E-state index in [-0.39, 0.29) is 17.3 Å². The second-order valence-corrected chi connectivity index (χ2v) is 5.48. The lowest BCUT2D eigenvalue weighted by molar-refractivity contribution is -0.0249. The van der Waals surface area contributed by atoms with E-state index in [0.717, 1.165) is 0 Å². The fourth-order valence-electron chi connectivity index (χ4n) is 2.21. The lowest BCUT2D eigenvalue weighted by Crippen LogP contribution is -2.56. The summed E-state index contributed by atoms with van der Waals surface area (Å²) >= 11 is 0. The minimum Gasteiger partial charge on any atom is -0.507 e. The first-order chi connectivity index (χ1) is 9.81. The molecule has 0 unspecified atom stereocenters. The summed E-state index contributed by atoms with van der Waals surface area (Å²) in [4.78, 5) is 24.9. The van der Waals surface area contributed by atoms with Gasteiger partial charge in [0, 0.05) is 12.2 Å². The fourth-order valence-corrected chi connectivity index (χ4v) is 2.21. The van der Waals surface area contributed by atoms with Crippen LogP contribution in [-0.2, 0) is 4.74 Å². The zero-order valence-electron chi connectivity index (χ0n) is 11.9. The first-order valence-electron chi connectivity index (χ1n) is 6.54. The van der Waals surface area contributed by atoms with Gasteiger partial charge in [0.15, 0.2) is 0 Å². The van der Waals surface area contributed by atoms with E-state index in [2.05, 4.69) is 5.32 Å². The molecule has 0 radical (unpaired) electrons. The Labute approximate surface area is 122 Å². The van der Waals surface area contributed by atoms with Gasteiger partial charge in [-0.1, -0.05) is 0 Å². The quantitative estimate of drug-likeness (QED) is 0.721. The first kappa shape index (κ1) is 15.1. The number of nitrogens with one attached hydrogen (secondary N) is 1. The molecule has 0 spiro atoms. The van der Waals surface area contributed by atoms with Gasteiger partial charge in [0.2, 0.25) is 0 Å². The van der Waals surface area contributed by atoms with Crippen molar-refractivity contribution in [3.05, 3.63) is 23.8 Å². The van der Waals surface area contributed by atoms with Crippen molar-refractivity contribution in [1.82, 2.24) is 4.90 Å². The van der Waals surface area contributed by atoms with E-state index >= 15 is 0 Å². The highest BCUT2D eigenvalue weighted by Gasteiger charge is 2.34. The number of rotatable bonds is 2. The second kappa shape index (κ2) is 5.61. The van der Waals surface area contributed by atoms with Gasteiger partial charge in [-0.05, 0) is 32.0 Å². The van der Waals surface area contributed by atoms with Crippen molar-refractivity contribution in [2.24, 2.45) is 0 Å². The van der Waals surface area contributed by atoms with Crippen LogP contribution in [0.25, 0.3) is 0 Å². The van der Waals surface area contributed by atoms with Gasteiger partial charge in [0.25, 0.3) is 0 Å². The summed E-state index contributed by atoms with van der Waals surface area (Å²) in [5, 5.41) is 21.1. The number of carbonyl (C=O) groups is 2. The molecule has 0 bridgehead atoms. The minimum atomic E-state index is -1.25. The van der Waals surface area contributed by atoms with Crippen LogP contribution in [0.4, 0.5) is 10.5 Å². The van der Waals surface area contributed by atoms with Crippen LogP contribution < -0.4 is 5.32 Å². The van der Waals surface area contributed by atoms with Gasteiger partial charge in [0.05, 0.1) is 18.8 Å². The number of aromatic carboxylic acids is 1. The smallest absolute Gasteiger partial charge is 0.339 e. The van der Waals surface area contributed by atoms with Crippen LogP contribution in [0.1, 0.15) is 24.2 Å². The fraction of sp³-hybridized carbons (Fsp3) is 0.429. The average molecular weight is 294 g/mol. The molecule has 1 heterocycles. The zero-order chi connectivity index (χ0) is 15.6. The first-order valence-corrected chi connectivity index (χ1v) is 6.54. The monoisotopic (exact) mass is 294 g/mol. The van der Waals surface area contributed by atoms with Crippen LogP contribution in [-0.4, -0.2) is 52.4 Å². The number of carboxylic acids is 1. The van der Waals surface area contributed by atoms with Crippen molar-refractivity contribution in [2.45, 2.75) is 19.4 Å². The molecule has 0 saturated carbocycles. The standard InChI is InChI=1S/C14H18N2O5/c1-14(2)8-21-6-5-16(14)13(20)15-9-3-4-11(17)10(7-9)12(18)19/h3-4,7,17H,5-6,8H2,1-2H3,(H,15,20)(H,18,19). The number of morpholine rings is 1. The Hall–Kier alpha value is -2.28. The van der Waals surface area contributed by atoms with Crippen LogP contribution in [0.2, 0.25) is 0 Å². The van der Waals surface area contributed by atoms with Gasteiger partial charge in [0.1, 0.15) is 11.3 Å². The summed E-state index contributed by atoms with van der Waals surface area (Å²) in [6.45, 7) is 5.16. The molecule has 1 saturated heterocycles. The van der Waals surface area contributed by atoms with E-state index in [1.54, 1.807) is 4.90 Å². The van der Waals surface area contributed by atoms with E-state index in [9.17, 15) is 14.7 Å². The molecule has 0 atom stereocenters. The highest BCUT2D eigenvalue weighted by Crippen LogP contribution is 2.24. The van der Waals surface area contributed by atoms with Gasteiger partial charge in [-0.25, -0.2) is 9.59 Å². The van der Waals surface area contributed by atoms with Gasteiger partial charge >= 0.3 is 12.0 Å². The summed E-state index contributed by atoms with van der Waals surface area (Å²) in [7, 11) is 0. The minimum absolute atomic E-state index is 0.256. The molecule has 1 aliphatic heterocycles. The summed E-state index contributed by atoms with van der Waals surface area (Å²) in [6.07, 6.45) is 0. The number of nitrogens with zero attached hydrogens (tertiary/aromatic N) is 1. The molecule has 114 valence electrons. The van der Waals surface area contributed by atoms with E-state index in [1.807, 2.05) is 13.8 Å². The number of hydrogen-bond donors (Lipinski definition) is 3. The van der Waals surface area contributed by atoms with Crippen molar-refractivity contribution in [2.75, 3.05) is 25.1 Å². The van der Waals surface area contributed by atoms with Crippen molar-refractivity contribution < 1.29 is 24.5 Å². The highest BCUT2D eigenvalue weighted by atomic mass is 16.5. The van der Waals surface area contributed by atoms with Gasteiger partial charge in [-0.15, -0.1) is 0 Å². The zero-order valence-corrected chi connectivity index (χ0v) is 11.9. The lowest BCUT2D eigenvalue weighted by Gasteiger charge is -2.41. The molecule has 1 aliphatic rings. The molecule has 7 nitrogen and oxygen atoms in total. The van der Waals surface area contributed by atoms with Crippen molar-refractivity contribution in [3.8, 4) is 5.75 Å². The van der Waals surface area contributed by atoms with E-state index in [0.29, 0.717) is 25.4 Å². The molecule has 1 aromatic carbocycles. The molecular formula is C14H18N2O5. The number of carboxylic acid groups (broad SMARTS) is 1. The lowest BCUT2D eigenvalue weighted by atomic mass is 10.0. The van der Waals surface area contributed by atoms with Crippen LogP contribution in [0.15, 0.2) is 18.2 Å². The van der Waals surface area contributed by atoms with Crippen molar-refractivity contribution in [3.63, 3.8) is 0 Å². The predicted octanol–water partition coefficient (Wildman–Crippen LogP) is 1.73. The molecule has 0 aromatic heterocycles. The number of phenols is 1. The second-order valence-electron chi connectivity index (χ2n) is 5.48. The van der Waals surface area contributed by atoms with Crippen molar-refractivity contribution in [1.29, 1.82) is 0 Å². The van der Waals surface area contributed by atoms with Gasteiger partial charge < -0.3 is 25.2 Å². The SMILES string of the molecule is CC1(C)COCCN1C(=O)Nc1ccc(O)c(C(=O)O)c1. The summed E-state index contributed by atoms with van der Waals surface area (Å²) in [5.41, 5.74) is -0.374. The Bertz CT molecular complexity index is 570. The molecular weight excluding hydrogens is 276 g/mol. The van der Waals surface area contributed by atoms with Crippen LogP contribution in [0, 0.1) is 0 Å². The summed E-state index contributed by atoms with van der Waals surface area (Å²) < 4.78 is 5.35. The maximum absolute atomic E-state index is 12.3. The van der Waals surface area contributed by atoms with Crippen LogP contribution >= 0.6 is 0 Å².